The molecule has 6 heteroatoms. The van der Waals surface area contributed by atoms with Gasteiger partial charge in [0, 0.05) is 25.9 Å². The molecule has 17 heavy (non-hydrogen) atoms. The van der Waals surface area contributed by atoms with Crippen molar-refractivity contribution in [1.29, 1.82) is 0 Å². The van der Waals surface area contributed by atoms with E-state index in [0.29, 0.717) is 17.4 Å². The largest absolute Gasteiger partial charge is 0.490 e. The summed E-state index contributed by atoms with van der Waals surface area (Å²) in [6.07, 6.45) is 5.95. The molecule has 2 aromatic rings. The van der Waals surface area contributed by atoms with Gasteiger partial charge in [-0.25, -0.2) is 15.0 Å². The van der Waals surface area contributed by atoms with Crippen LogP contribution in [0.4, 0.5) is 5.82 Å². The number of imidazole rings is 1. The molecule has 0 atom stereocenters. The average molecular weight is 233 g/mol. The SMILES string of the molecule is CCc1nccn1-c1ncnc(NC)c1OC. The van der Waals surface area contributed by atoms with Crippen LogP contribution in [0.1, 0.15) is 12.7 Å². The lowest BCUT2D eigenvalue weighted by Gasteiger charge is -2.12. The summed E-state index contributed by atoms with van der Waals surface area (Å²) in [5, 5.41) is 2.98. The Hall–Kier alpha value is -2.11. The zero-order valence-electron chi connectivity index (χ0n) is 10.1. The molecule has 0 radical (unpaired) electrons. The van der Waals surface area contributed by atoms with Crippen molar-refractivity contribution < 1.29 is 4.74 Å². The highest BCUT2D eigenvalue weighted by atomic mass is 16.5. The molecule has 0 spiro atoms. The Morgan fingerprint density at radius 3 is 2.82 bits per heavy atom. The van der Waals surface area contributed by atoms with Gasteiger partial charge in [-0.15, -0.1) is 0 Å². The van der Waals surface area contributed by atoms with Crippen molar-refractivity contribution in [1.82, 2.24) is 19.5 Å². The number of nitrogens with zero attached hydrogens (tertiary/aromatic N) is 4. The molecule has 2 rings (SSSR count). The topological polar surface area (TPSA) is 64.9 Å². The highest BCUT2D eigenvalue weighted by Gasteiger charge is 2.14. The molecule has 0 saturated heterocycles. The van der Waals surface area contributed by atoms with Crippen molar-refractivity contribution >= 4 is 5.82 Å². The van der Waals surface area contributed by atoms with E-state index in [-0.39, 0.29) is 0 Å². The van der Waals surface area contributed by atoms with E-state index in [1.807, 2.05) is 17.7 Å². The van der Waals surface area contributed by atoms with Crippen molar-refractivity contribution in [2.45, 2.75) is 13.3 Å². The Kier molecular flexibility index (Phi) is 3.22. The monoisotopic (exact) mass is 233 g/mol. The lowest BCUT2D eigenvalue weighted by atomic mass is 10.4. The molecule has 0 aliphatic heterocycles. The van der Waals surface area contributed by atoms with Crippen LogP contribution in [0.3, 0.4) is 0 Å². The van der Waals surface area contributed by atoms with Gasteiger partial charge < -0.3 is 10.1 Å². The van der Waals surface area contributed by atoms with E-state index in [0.717, 1.165) is 12.2 Å². The quantitative estimate of drug-likeness (QED) is 0.861. The third kappa shape index (κ3) is 1.93. The van der Waals surface area contributed by atoms with Crippen LogP contribution < -0.4 is 10.1 Å². The molecule has 0 saturated carbocycles. The first-order valence-electron chi connectivity index (χ1n) is 5.41. The van der Waals surface area contributed by atoms with Gasteiger partial charge in [-0.3, -0.25) is 4.57 Å². The first kappa shape index (κ1) is 11.4. The summed E-state index contributed by atoms with van der Waals surface area (Å²) in [5.74, 6) is 2.90. The van der Waals surface area contributed by atoms with Crippen LogP contribution in [0.2, 0.25) is 0 Å². The Morgan fingerprint density at radius 2 is 2.18 bits per heavy atom. The summed E-state index contributed by atoms with van der Waals surface area (Å²) in [7, 11) is 3.40. The smallest absolute Gasteiger partial charge is 0.205 e. The molecular formula is C11H15N5O. The van der Waals surface area contributed by atoms with Crippen LogP contribution >= 0.6 is 0 Å². The van der Waals surface area contributed by atoms with Crippen molar-refractivity contribution in [3.8, 4) is 11.6 Å². The minimum Gasteiger partial charge on any atom is -0.490 e. The second kappa shape index (κ2) is 4.82. The van der Waals surface area contributed by atoms with Crippen LogP contribution in [0, 0.1) is 0 Å². The molecule has 0 aromatic carbocycles. The van der Waals surface area contributed by atoms with Gasteiger partial charge in [0.2, 0.25) is 5.75 Å². The summed E-state index contributed by atoms with van der Waals surface area (Å²) in [4.78, 5) is 12.6. The van der Waals surface area contributed by atoms with Crippen molar-refractivity contribution in [3.05, 3.63) is 24.5 Å². The number of hydrogen-bond donors (Lipinski definition) is 1. The van der Waals surface area contributed by atoms with Gasteiger partial charge in [-0.1, -0.05) is 6.92 Å². The first-order chi connectivity index (χ1) is 8.31. The van der Waals surface area contributed by atoms with Crippen molar-refractivity contribution in [2.75, 3.05) is 19.5 Å². The predicted octanol–water partition coefficient (Wildman–Crippen LogP) is 1.27. The third-order valence-electron chi connectivity index (χ3n) is 2.49. The van der Waals surface area contributed by atoms with Gasteiger partial charge >= 0.3 is 0 Å². The fourth-order valence-corrected chi connectivity index (χ4v) is 1.69. The number of ether oxygens (including phenoxy) is 1. The average Bonchev–Trinajstić information content (AvgIpc) is 2.85. The second-order valence-corrected chi connectivity index (χ2v) is 3.40. The summed E-state index contributed by atoms with van der Waals surface area (Å²) in [6.45, 7) is 2.05. The minimum atomic E-state index is 0.614. The summed E-state index contributed by atoms with van der Waals surface area (Å²) in [5.41, 5.74) is 0. The number of nitrogens with one attached hydrogen (secondary N) is 1. The minimum absolute atomic E-state index is 0.614. The highest BCUT2D eigenvalue weighted by molar-refractivity contribution is 5.58. The number of aryl methyl sites for hydroxylation is 1. The standard InChI is InChI=1S/C11H15N5O/c1-4-8-13-5-6-16(8)11-9(17-3)10(12-2)14-7-15-11/h5-7H,4H2,1-3H3,(H,12,14,15). The van der Waals surface area contributed by atoms with Crippen LogP contribution in [0.5, 0.6) is 5.75 Å². The lowest BCUT2D eigenvalue weighted by Crippen LogP contribution is -2.07. The summed E-state index contributed by atoms with van der Waals surface area (Å²) >= 11 is 0. The van der Waals surface area contributed by atoms with E-state index >= 15 is 0 Å². The maximum absolute atomic E-state index is 5.35. The van der Waals surface area contributed by atoms with E-state index in [2.05, 4.69) is 20.3 Å². The maximum Gasteiger partial charge on any atom is 0.205 e. The molecule has 0 amide bonds. The molecule has 0 unspecified atom stereocenters. The third-order valence-corrected chi connectivity index (χ3v) is 2.49. The maximum atomic E-state index is 5.35. The molecule has 0 aliphatic rings. The molecule has 90 valence electrons. The zero-order chi connectivity index (χ0) is 12.3. The van der Waals surface area contributed by atoms with E-state index in [1.54, 1.807) is 20.4 Å². The normalized spacial score (nSPS) is 10.3. The fraction of sp³-hybridized carbons (Fsp3) is 0.364. The fourth-order valence-electron chi connectivity index (χ4n) is 1.69. The molecular weight excluding hydrogens is 218 g/mol. The van der Waals surface area contributed by atoms with Crippen LogP contribution in [0.15, 0.2) is 18.7 Å². The Bertz CT molecular complexity index is 508. The van der Waals surface area contributed by atoms with Crippen LogP contribution in [-0.2, 0) is 6.42 Å². The molecule has 0 fully saturated rings. The molecule has 0 aliphatic carbocycles. The lowest BCUT2D eigenvalue weighted by molar-refractivity contribution is 0.410. The van der Waals surface area contributed by atoms with Crippen molar-refractivity contribution in [3.63, 3.8) is 0 Å². The van der Waals surface area contributed by atoms with E-state index in [9.17, 15) is 0 Å². The van der Waals surface area contributed by atoms with E-state index in [4.69, 9.17) is 4.74 Å². The second-order valence-electron chi connectivity index (χ2n) is 3.40. The predicted molar refractivity (Wildman–Crippen MR) is 64.6 cm³/mol. The molecule has 6 nitrogen and oxygen atoms in total. The van der Waals surface area contributed by atoms with Gasteiger partial charge in [-0.05, 0) is 0 Å². The number of anilines is 1. The number of methoxy groups -OCH3 is 1. The van der Waals surface area contributed by atoms with Crippen LogP contribution in [-0.4, -0.2) is 33.7 Å². The molecule has 1 N–H and O–H groups in total. The van der Waals surface area contributed by atoms with E-state index < -0.39 is 0 Å². The Labute approximate surface area is 99.7 Å². The zero-order valence-corrected chi connectivity index (χ0v) is 10.1. The highest BCUT2D eigenvalue weighted by Crippen LogP contribution is 2.27. The molecule has 2 heterocycles. The number of hydrogen-bond acceptors (Lipinski definition) is 5. The van der Waals surface area contributed by atoms with Gasteiger partial charge in [0.05, 0.1) is 7.11 Å². The number of rotatable bonds is 4. The van der Waals surface area contributed by atoms with Crippen molar-refractivity contribution in [2.24, 2.45) is 0 Å². The van der Waals surface area contributed by atoms with Gasteiger partial charge in [0.25, 0.3) is 0 Å². The van der Waals surface area contributed by atoms with Gasteiger partial charge in [-0.2, -0.15) is 0 Å². The Morgan fingerprint density at radius 1 is 1.35 bits per heavy atom. The van der Waals surface area contributed by atoms with Crippen LogP contribution in [0.25, 0.3) is 5.82 Å². The first-order valence-corrected chi connectivity index (χ1v) is 5.41. The summed E-state index contributed by atoms with van der Waals surface area (Å²) < 4.78 is 7.26. The molecule has 0 bridgehead atoms. The van der Waals surface area contributed by atoms with E-state index in [1.165, 1.54) is 6.33 Å². The number of aromatic nitrogens is 4. The molecule has 2 aromatic heterocycles. The Balaban J connectivity index is 2.59. The van der Waals surface area contributed by atoms with Gasteiger partial charge in [0.15, 0.2) is 11.6 Å². The van der Waals surface area contributed by atoms with Gasteiger partial charge in [0.1, 0.15) is 12.2 Å². The summed E-state index contributed by atoms with van der Waals surface area (Å²) in [6, 6.07) is 0.